The van der Waals surface area contributed by atoms with Crippen LogP contribution in [0.1, 0.15) is 19.7 Å². The predicted octanol–water partition coefficient (Wildman–Crippen LogP) is 1.43. The third-order valence-corrected chi connectivity index (χ3v) is 3.38. The van der Waals surface area contributed by atoms with E-state index in [-0.39, 0.29) is 6.61 Å². The third kappa shape index (κ3) is 2.32. The molecule has 2 aromatic heterocycles. The van der Waals surface area contributed by atoms with Gasteiger partial charge in [0.15, 0.2) is 5.82 Å². The van der Waals surface area contributed by atoms with Gasteiger partial charge in [0.2, 0.25) is 0 Å². The van der Waals surface area contributed by atoms with E-state index in [1.165, 1.54) is 0 Å². The summed E-state index contributed by atoms with van der Waals surface area (Å²) in [5.74, 6) is 0.796. The van der Waals surface area contributed by atoms with Crippen LogP contribution in [0.5, 0.6) is 0 Å². The maximum Gasteiger partial charge on any atom is 0.152 e. The highest BCUT2D eigenvalue weighted by molar-refractivity contribution is 6.06. The molecule has 110 valence electrons. The minimum absolute atomic E-state index is 0.224. The smallest absolute Gasteiger partial charge is 0.152 e. The SMILES string of the molecule is CC(C)(O)Cn1c(CO)nc2c(N)nc3ccccc3c21. The molecule has 0 aliphatic carbocycles. The second kappa shape index (κ2) is 4.68. The summed E-state index contributed by atoms with van der Waals surface area (Å²) in [6, 6.07) is 7.63. The van der Waals surface area contributed by atoms with Gasteiger partial charge in [-0.25, -0.2) is 9.97 Å². The summed E-state index contributed by atoms with van der Waals surface area (Å²) in [7, 11) is 0. The molecule has 3 rings (SSSR count). The van der Waals surface area contributed by atoms with Crippen molar-refractivity contribution in [3.63, 3.8) is 0 Å². The molecule has 0 amide bonds. The standard InChI is InChI=1S/C15H18N4O2/c1-15(2,21)8-19-11(7-20)18-12-13(19)9-5-3-4-6-10(9)17-14(12)16/h3-6,20-21H,7-8H2,1-2H3,(H2,16,17). The van der Waals surface area contributed by atoms with Gasteiger partial charge in [0.1, 0.15) is 17.9 Å². The van der Waals surface area contributed by atoms with Gasteiger partial charge in [0.05, 0.1) is 23.2 Å². The Morgan fingerprint density at radius 3 is 2.62 bits per heavy atom. The number of imidazole rings is 1. The van der Waals surface area contributed by atoms with Crippen LogP contribution in [-0.2, 0) is 13.2 Å². The summed E-state index contributed by atoms with van der Waals surface area (Å²) in [4.78, 5) is 8.73. The lowest BCUT2D eigenvalue weighted by molar-refractivity contribution is 0.0607. The van der Waals surface area contributed by atoms with E-state index < -0.39 is 5.60 Å². The zero-order chi connectivity index (χ0) is 15.2. The number of hydrogen-bond acceptors (Lipinski definition) is 5. The average molecular weight is 286 g/mol. The largest absolute Gasteiger partial charge is 0.389 e. The van der Waals surface area contributed by atoms with E-state index in [2.05, 4.69) is 9.97 Å². The summed E-state index contributed by atoms with van der Waals surface area (Å²) in [5, 5.41) is 20.6. The van der Waals surface area contributed by atoms with Gasteiger partial charge in [0.25, 0.3) is 0 Å². The van der Waals surface area contributed by atoms with Gasteiger partial charge in [-0.05, 0) is 19.9 Å². The van der Waals surface area contributed by atoms with Crippen molar-refractivity contribution in [2.24, 2.45) is 0 Å². The Labute approximate surface area is 121 Å². The monoisotopic (exact) mass is 286 g/mol. The zero-order valence-electron chi connectivity index (χ0n) is 12.0. The van der Waals surface area contributed by atoms with Crippen LogP contribution in [0.3, 0.4) is 0 Å². The Morgan fingerprint density at radius 2 is 1.95 bits per heavy atom. The van der Waals surface area contributed by atoms with Crippen LogP contribution in [0.25, 0.3) is 21.9 Å². The molecule has 1 aromatic carbocycles. The van der Waals surface area contributed by atoms with E-state index in [4.69, 9.17) is 5.73 Å². The summed E-state index contributed by atoms with van der Waals surface area (Å²) in [6.07, 6.45) is 0. The van der Waals surface area contributed by atoms with E-state index in [1.807, 2.05) is 28.8 Å². The zero-order valence-corrected chi connectivity index (χ0v) is 12.0. The molecule has 0 unspecified atom stereocenters. The second-order valence-electron chi connectivity index (χ2n) is 5.80. The van der Waals surface area contributed by atoms with Gasteiger partial charge in [-0.1, -0.05) is 18.2 Å². The molecule has 0 spiro atoms. The number of para-hydroxylation sites is 1. The van der Waals surface area contributed by atoms with Crippen molar-refractivity contribution in [2.75, 3.05) is 5.73 Å². The van der Waals surface area contributed by atoms with Crippen molar-refractivity contribution < 1.29 is 10.2 Å². The van der Waals surface area contributed by atoms with E-state index in [9.17, 15) is 10.2 Å². The van der Waals surface area contributed by atoms with Crippen LogP contribution in [0.2, 0.25) is 0 Å². The van der Waals surface area contributed by atoms with Crippen LogP contribution in [0.15, 0.2) is 24.3 Å². The maximum atomic E-state index is 10.1. The van der Waals surface area contributed by atoms with Gasteiger partial charge in [-0.15, -0.1) is 0 Å². The van der Waals surface area contributed by atoms with Crippen molar-refractivity contribution in [1.82, 2.24) is 14.5 Å². The second-order valence-corrected chi connectivity index (χ2v) is 5.80. The molecular weight excluding hydrogens is 268 g/mol. The van der Waals surface area contributed by atoms with Crippen LogP contribution < -0.4 is 5.73 Å². The molecule has 3 aromatic rings. The van der Waals surface area contributed by atoms with Crippen LogP contribution in [-0.4, -0.2) is 30.3 Å². The van der Waals surface area contributed by atoms with Crippen molar-refractivity contribution in [1.29, 1.82) is 0 Å². The highest BCUT2D eigenvalue weighted by Gasteiger charge is 2.21. The molecule has 0 atom stereocenters. The number of rotatable bonds is 3. The quantitative estimate of drug-likeness (QED) is 0.676. The van der Waals surface area contributed by atoms with Gasteiger partial charge < -0.3 is 20.5 Å². The first-order chi connectivity index (χ1) is 9.90. The number of aliphatic hydroxyl groups is 2. The third-order valence-electron chi connectivity index (χ3n) is 3.38. The lowest BCUT2D eigenvalue weighted by atomic mass is 10.1. The lowest BCUT2D eigenvalue weighted by Crippen LogP contribution is -2.27. The number of aliphatic hydroxyl groups excluding tert-OH is 1. The summed E-state index contributed by atoms with van der Waals surface area (Å²) in [5.41, 5.74) is 7.18. The fourth-order valence-corrected chi connectivity index (χ4v) is 2.58. The number of pyridine rings is 1. The molecule has 4 N–H and O–H groups in total. The number of hydrogen-bond donors (Lipinski definition) is 3. The maximum absolute atomic E-state index is 10.1. The van der Waals surface area contributed by atoms with E-state index in [0.717, 1.165) is 16.4 Å². The topological polar surface area (TPSA) is 97.2 Å². The Balaban J connectivity index is 2.43. The van der Waals surface area contributed by atoms with E-state index >= 15 is 0 Å². The minimum Gasteiger partial charge on any atom is -0.389 e. The van der Waals surface area contributed by atoms with E-state index in [1.54, 1.807) is 13.8 Å². The molecule has 0 aliphatic heterocycles. The Bertz CT molecular complexity index is 818. The van der Waals surface area contributed by atoms with Crippen molar-refractivity contribution in [2.45, 2.75) is 32.6 Å². The summed E-state index contributed by atoms with van der Waals surface area (Å²) in [6.45, 7) is 3.52. The molecule has 2 heterocycles. The predicted molar refractivity (Wildman–Crippen MR) is 81.7 cm³/mol. The van der Waals surface area contributed by atoms with E-state index in [0.29, 0.717) is 23.7 Å². The highest BCUT2D eigenvalue weighted by atomic mass is 16.3. The normalized spacial score (nSPS) is 12.4. The number of nitrogens with two attached hydrogens (primary N) is 1. The number of anilines is 1. The molecule has 0 fully saturated rings. The number of aromatic nitrogens is 3. The Morgan fingerprint density at radius 1 is 1.24 bits per heavy atom. The van der Waals surface area contributed by atoms with Crippen LogP contribution in [0, 0.1) is 0 Å². The molecule has 0 aliphatic rings. The molecule has 21 heavy (non-hydrogen) atoms. The van der Waals surface area contributed by atoms with Gasteiger partial charge in [-0.3, -0.25) is 0 Å². The van der Waals surface area contributed by atoms with Crippen LogP contribution in [0.4, 0.5) is 5.82 Å². The fourth-order valence-electron chi connectivity index (χ4n) is 2.58. The van der Waals surface area contributed by atoms with Crippen molar-refractivity contribution in [3.05, 3.63) is 30.1 Å². The first-order valence-corrected chi connectivity index (χ1v) is 6.77. The van der Waals surface area contributed by atoms with Gasteiger partial charge in [0, 0.05) is 5.39 Å². The highest BCUT2D eigenvalue weighted by Crippen LogP contribution is 2.29. The lowest BCUT2D eigenvalue weighted by Gasteiger charge is -2.20. The molecule has 6 heteroatoms. The first kappa shape index (κ1) is 13.8. The molecule has 0 saturated carbocycles. The Kier molecular flexibility index (Phi) is 3.07. The molecule has 6 nitrogen and oxygen atoms in total. The summed E-state index contributed by atoms with van der Waals surface area (Å²) >= 11 is 0. The molecule has 0 bridgehead atoms. The molecule has 0 saturated heterocycles. The summed E-state index contributed by atoms with van der Waals surface area (Å²) < 4.78 is 1.82. The minimum atomic E-state index is -0.934. The van der Waals surface area contributed by atoms with Crippen molar-refractivity contribution >= 4 is 27.8 Å². The number of benzene rings is 1. The average Bonchev–Trinajstić information content (AvgIpc) is 2.76. The molecule has 0 radical (unpaired) electrons. The number of nitrogens with zero attached hydrogens (tertiary/aromatic N) is 3. The van der Waals surface area contributed by atoms with Crippen LogP contribution >= 0.6 is 0 Å². The fraction of sp³-hybridized carbons (Fsp3) is 0.333. The van der Waals surface area contributed by atoms with Gasteiger partial charge in [-0.2, -0.15) is 0 Å². The first-order valence-electron chi connectivity index (χ1n) is 6.77. The molecular formula is C15H18N4O2. The van der Waals surface area contributed by atoms with Crippen molar-refractivity contribution in [3.8, 4) is 0 Å². The number of nitrogen functional groups attached to an aromatic ring is 1. The number of fused-ring (bicyclic) bond motifs is 3. The van der Waals surface area contributed by atoms with Gasteiger partial charge >= 0.3 is 0 Å². The Hall–Kier alpha value is -2.18.